The fourth-order valence-electron chi connectivity index (χ4n) is 7.63. The van der Waals surface area contributed by atoms with Gasteiger partial charge in [0.05, 0.1) is 18.9 Å². The first-order valence-corrected chi connectivity index (χ1v) is 23.8. The predicted octanol–water partition coefficient (Wildman–Crippen LogP) is -2.39. The van der Waals surface area contributed by atoms with Gasteiger partial charge >= 0.3 is 0 Å². The fraction of sp³-hybridized carbons (Fsp3) is 0.458. The second kappa shape index (κ2) is 28.7. The highest BCUT2D eigenvalue weighted by molar-refractivity contribution is 5.97. The molecule has 72 heavy (non-hydrogen) atoms. The van der Waals surface area contributed by atoms with E-state index in [0.717, 1.165) is 10.9 Å². The number of hydrogen-bond acceptors (Lipinski definition) is 12. The number of nitrogens with two attached hydrogens (primary N) is 5. The molecule has 24 nitrogen and oxygen atoms in total. The summed E-state index contributed by atoms with van der Waals surface area (Å²) in [5.74, 6) is -6.28. The highest BCUT2D eigenvalue weighted by Crippen LogP contribution is 2.20. The van der Waals surface area contributed by atoms with Crippen LogP contribution in [0.1, 0.15) is 69.7 Å². The maximum atomic E-state index is 14.4. The number of para-hydroxylation sites is 1. The smallest absolute Gasteiger partial charge is 0.243 e. The average Bonchev–Trinajstić information content (AvgIpc) is 4.02. The number of rotatable bonds is 30. The summed E-state index contributed by atoms with van der Waals surface area (Å²) in [6.45, 7) is 4.59. The molecule has 0 fully saturated rings. The van der Waals surface area contributed by atoms with Crippen LogP contribution in [0.5, 0.6) is 0 Å². The van der Waals surface area contributed by atoms with E-state index in [-0.39, 0.29) is 56.9 Å². The number of aromatic amines is 2. The highest BCUT2D eigenvalue weighted by Gasteiger charge is 2.32. The Hall–Kier alpha value is -7.86. The minimum absolute atomic E-state index is 0.0130. The zero-order valence-electron chi connectivity index (χ0n) is 40.9. The molecule has 0 saturated carbocycles. The Labute approximate surface area is 417 Å². The van der Waals surface area contributed by atoms with Crippen molar-refractivity contribution in [2.24, 2.45) is 39.6 Å². The van der Waals surface area contributed by atoms with Gasteiger partial charge in [0.25, 0.3) is 0 Å². The molecule has 0 unspecified atom stereocenters. The third-order valence-corrected chi connectivity index (χ3v) is 11.6. The summed E-state index contributed by atoms with van der Waals surface area (Å²) in [5, 5.41) is 19.3. The van der Waals surface area contributed by atoms with E-state index in [9.17, 15) is 38.4 Å². The van der Waals surface area contributed by atoms with Gasteiger partial charge in [-0.1, -0.05) is 62.4 Å². The summed E-state index contributed by atoms with van der Waals surface area (Å²) in [7, 11) is 0. The molecular formula is C48H70N16O8. The molecular weight excluding hydrogens is 929 g/mol. The van der Waals surface area contributed by atoms with E-state index in [4.69, 9.17) is 28.7 Å². The molecule has 0 aliphatic rings. The topological polar surface area (TPSA) is 408 Å². The number of primary amides is 1. The van der Waals surface area contributed by atoms with Gasteiger partial charge in [0, 0.05) is 54.8 Å². The van der Waals surface area contributed by atoms with Gasteiger partial charge in [-0.2, -0.15) is 0 Å². The molecule has 0 saturated heterocycles. The van der Waals surface area contributed by atoms with Crippen LogP contribution in [0.25, 0.3) is 10.9 Å². The van der Waals surface area contributed by atoms with E-state index in [1.165, 1.54) is 19.4 Å². The largest absolute Gasteiger partial charge is 0.370 e. The fourth-order valence-corrected chi connectivity index (χ4v) is 7.63. The van der Waals surface area contributed by atoms with Crippen molar-refractivity contribution >= 4 is 64.1 Å². The van der Waals surface area contributed by atoms with Gasteiger partial charge in [0.2, 0.25) is 47.3 Å². The molecule has 0 radical (unpaired) electrons. The second-order valence-electron chi connectivity index (χ2n) is 17.8. The number of unbranched alkanes of at least 4 members (excludes halogenated alkanes) is 1. The quantitative estimate of drug-likeness (QED) is 0.0148. The third-order valence-electron chi connectivity index (χ3n) is 11.6. The Morgan fingerprint density at radius 1 is 0.653 bits per heavy atom. The molecule has 19 N–H and O–H groups in total. The first-order valence-electron chi connectivity index (χ1n) is 23.8. The lowest BCUT2D eigenvalue weighted by molar-refractivity contribution is -0.134. The van der Waals surface area contributed by atoms with Crippen LogP contribution in [0.4, 0.5) is 0 Å². The maximum absolute atomic E-state index is 14.4. The third kappa shape index (κ3) is 18.5. The van der Waals surface area contributed by atoms with Gasteiger partial charge < -0.3 is 75.9 Å². The SMILES string of the molecule is CC(C)[C@H](NC(=O)[C@H](C)NC(=O)[C@H](CCCCN)NC(=O)CNC(=O)[C@H](Cc1c[nH]c2ccccc12)NC(=O)[C@H](CCCN=C(N)N)NC(=O)[C@H](Cc1ccccc1)NC(=O)[C@@H](N)Cc1cnc[nH]1)C(N)=O. The van der Waals surface area contributed by atoms with Gasteiger partial charge in [-0.15, -0.1) is 0 Å². The van der Waals surface area contributed by atoms with Gasteiger partial charge in [0.1, 0.15) is 36.3 Å². The van der Waals surface area contributed by atoms with Gasteiger partial charge in [-0.05, 0) is 68.7 Å². The van der Waals surface area contributed by atoms with E-state index in [1.807, 2.05) is 24.3 Å². The van der Waals surface area contributed by atoms with Crippen molar-refractivity contribution in [2.45, 2.75) is 114 Å². The lowest BCUT2D eigenvalue weighted by Gasteiger charge is -2.26. The van der Waals surface area contributed by atoms with Crippen molar-refractivity contribution in [2.75, 3.05) is 19.6 Å². The number of nitrogens with zero attached hydrogens (tertiary/aromatic N) is 2. The molecule has 8 amide bonds. The lowest BCUT2D eigenvalue weighted by atomic mass is 10.0. The van der Waals surface area contributed by atoms with Crippen LogP contribution < -0.4 is 65.9 Å². The van der Waals surface area contributed by atoms with E-state index in [1.54, 1.807) is 50.4 Å². The van der Waals surface area contributed by atoms with Crippen LogP contribution in [0, 0.1) is 5.92 Å². The molecule has 2 aromatic heterocycles. The van der Waals surface area contributed by atoms with Gasteiger partial charge in [0.15, 0.2) is 5.96 Å². The summed E-state index contributed by atoms with van der Waals surface area (Å²) >= 11 is 0. The summed E-state index contributed by atoms with van der Waals surface area (Å²) in [4.78, 5) is 122. The Kier molecular flexibility index (Phi) is 22.6. The number of aromatic nitrogens is 3. The summed E-state index contributed by atoms with van der Waals surface area (Å²) < 4.78 is 0. The number of nitrogens with one attached hydrogen (secondary N) is 9. The maximum Gasteiger partial charge on any atom is 0.243 e. The number of imidazole rings is 1. The number of fused-ring (bicyclic) bond motifs is 1. The molecule has 0 aliphatic heterocycles. The average molecular weight is 999 g/mol. The molecule has 4 aromatic rings. The zero-order valence-corrected chi connectivity index (χ0v) is 40.9. The van der Waals surface area contributed by atoms with Crippen molar-refractivity contribution in [3.63, 3.8) is 0 Å². The van der Waals surface area contributed by atoms with E-state index in [2.05, 4.69) is 57.2 Å². The number of aliphatic imine (C=N–C) groups is 1. The number of hydrogen-bond donors (Lipinski definition) is 14. The zero-order chi connectivity index (χ0) is 52.7. The van der Waals surface area contributed by atoms with E-state index in [0.29, 0.717) is 36.2 Å². The monoisotopic (exact) mass is 999 g/mol. The molecule has 4 rings (SSSR count). The molecule has 0 bridgehead atoms. The van der Waals surface area contributed by atoms with Crippen LogP contribution in [-0.2, 0) is 57.6 Å². The van der Waals surface area contributed by atoms with Crippen LogP contribution >= 0.6 is 0 Å². The van der Waals surface area contributed by atoms with Gasteiger partial charge in [-0.25, -0.2) is 4.98 Å². The Bertz CT molecular complexity index is 2460. The second-order valence-corrected chi connectivity index (χ2v) is 17.8. The number of carbonyl (C=O) groups excluding carboxylic acids is 8. The molecule has 0 spiro atoms. The standard InChI is InChI=1S/C48H70N16O8/c1-27(2)40(41(51)66)64-42(67)28(3)59-45(70)35(16-9-10-18-49)60-39(65)25-57-44(69)38(21-30-23-56-34-15-8-7-14-32(30)34)63-46(71)36(17-11-19-55-48(52)53)61-47(72)37(20-29-12-5-4-6-13-29)62-43(68)33(50)22-31-24-54-26-58-31/h4-8,12-15,23-24,26-28,33,35-38,40,56H,9-11,16-22,25,49-50H2,1-3H3,(H2,51,66)(H,54,58)(H,57,69)(H,59,70)(H,60,65)(H,61,72)(H,62,68)(H,63,71)(H,64,67)(H4,52,53,55)/t28-,33-,35-,36-,37-,38-,40-/m0/s1. The molecule has 24 heteroatoms. The van der Waals surface area contributed by atoms with Crippen LogP contribution in [0.2, 0.25) is 0 Å². The van der Waals surface area contributed by atoms with Crippen molar-refractivity contribution in [3.05, 3.63) is 90.1 Å². The van der Waals surface area contributed by atoms with Crippen LogP contribution in [0.15, 0.2) is 78.3 Å². The predicted molar refractivity (Wildman–Crippen MR) is 270 cm³/mol. The molecule has 2 aromatic carbocycles. The lowest BCUT2D eigenvalue weighted by Crippen LogP contribution is -2.59. The Morgan fingerprint density at radius 2 is 1.28 bits per heavy atom. The highest BCUT2D eigenvalue weighted by atomic mass is 16.2. The minimum Gasteiger partial charge on any atom is -0.370 e. The molecule has 7 atom stereocenters. The van der Waals surface area contributed by atoms with E-state index < -0.39 is 96.1 Å². The number of benzene rings is 2. The minimum atomic E-state index is -1.33. The summed E-state index contributed by atoms with van der Waals surface area (Å²) in [6, 6.07) is 8.07. The van der Waals surface area contributed by atoms with Crippen molar-refractivity contribution in [1.29, 1.82) is 0 Å². The molecule has 390 valence electrons. The van der Waals surface area contributed by atoms with Crippen molar-refractivity contribution < 1.29 is 38.4 Å². The van der Waals surface area contributed by atoms with Crippen molar-refractivity contribution in [3.8, 4) is 0 Å². The van der Waals surface area contributed by atoms with E-state index >= 15 is 0 Å². The van der Waals surface area contributed by atoms with Crippen LogP contribution in [0.3, 0.4) is 0 Å². The Morgan fingerprint density at radius 3 is 1.94 bits per heavy atom. The van der Waals surface area contributed by atoms with Crippen molar-refractivity contribution in [1.82, 2.24) is 52.2 Å². The normalized spacial score (nSPS) is 14.0. The number of carbonyl (C=O) groups is 8. The van der Waals surface area contributed by atoms with Crippen LogP contribution in [-0.4, -0.2) is 130 Å². The van der Waals surface area contributed by atoms with Gasteiger partial charge in [-0.3, -0.25) is 43.3 Å². The number of amides is 8. The molecule has 2 heterocycles. The number of guanidine groups is 1. The number of H-pyrrole nitrogens is 2. The molecule has 0 aliphatic carbocycles. The first kappa shape index (κ1) is 56.7. The first-order chi connectivity index (χ1) is 34.4. The summed E-state index contributed by atoms with van der Waals surface area (Å²) in [6.07, 6.45) is 6.01. The summed E-state index contributed by atoms with van der Waals surface area (Å²) in [5.41, 5.74) is 31.2. The Balaban J connectivity index is 1.55.